The lowest BCUT2D eigenvalue weighted by Crippen LogP contribution is -2.34. The molecule has 3 heteroatoms. The van der Waals surface area contributed by atoms with Crippen molar-refractivity contribution in [3.8, 4) is 6.07 Å². The topological polar surface area (TPSA) is 52.9 Å². The first kappa shape index (κ1) is 16.8. The van der Waals surface area contributed by atoms with Crippen LogP contribution in [0.2, 0.25) is 0 Å². The van der Waals surface area contributed by atoms with E-state index in [2.05, 4.69) is 11.4 Å². The van der Waals surface area contributed by atoms with E-state index in [0.717, 1.165) is 35.1 Å². The van der Waals surface area contributed by atoms with Gasteiger partial charge in [0.2, 0.25) is 0 Å². The molecule has 1 N–H and O–H groups in total. The Morgan fingerprint density at radius 3 is 2.54 bits per heavy atom. The van der Waals surface area contributed by atoms with Gasteiger partial charge in [-0.25, -0.2) is 0 Å². The molecule has 4 rings (SSSR count). The summed E-state index contributed by atoms with van der Waals surface area (Å²) in [6, 6.07) is 17.9. The summed E-state index contributed by atoms with van der Waals surface area (Å²) in [6.07, 6.45) is 8.06. The molecule has 0 radical (unpaired) electrons. The van der Waals surface area contributed by atoms with Gasteiger partial charge in [-0.05, 0) is 48.2 Å². The maximum Gasteiger partial charge on any atom is 0.191 e. The average Bonchev–Trinajstić information content (AvgIpc) is 2.95. The zero-order valence-corrected chi connectivity index (χ0v) is 14.7. The second-order valence-corrected chi connectivity index (χ2v) is 7.19. The van der Waals surface area contributed by atoms with Crippen molar-refractivity contribution in [2.24, 2.45) is 0 Å². The first-order valence-electron chi connectivity index (χ1n) is 9.37. The highest BCUT2D eigenvalue weighted by Crippen LogP contribution is 2.38. The highest BCUT2D eigenvalue weighted by Gasteiger charge is 2.36. The second kappa shape index (κ2) is 7.27. The van der Waals surface area contributed by atoms with Crippen LogP contribution in [0, 0.1) is 11.3 Å². The van der Waals surface area contributed by atoms with Crippen molar-refractivity contribution in [1.82, 2.24) is 5.32 Å². The first-order chi connectivity index (χ1) is 12.8. The third kappa shape index (κ3) is 3.21. The van der Waals surface area contributed by atoms with E-state index in [0.29, 0.717) is 11.6 Å². The summed E-state index contributed by atoms with van der Waals surface area (Å²) in [4.78, 5) is 13.1. The van der Waals surface area contributed by atoms with Crippen LogP contribution in [0.3, 0.4) is 0 Å². The number of hydrogen-bond acceptors (Lipinski definition) is 3. The molecule has 1 fully saturated rings. The van der Waals surface area contributed by atoms with E-state index < -0.39 is 0 Å². The fourth-order valence-corrected chi connectivity index (χ4v) is 4.09. The first-order valence-corrected chi connectivity index (χ1v) is 9.37. The Morgan fingerprint density at radius 2 is 1.81 bits per heavy atom. The van der Waals surface area contributed by atoms with Gasteiger partial charge in [0, 0.05) is 17.2 Å². The molecular formula is C23H22N2O. The minimum atomic E-state index is -0.130. The van der Waals surface area contributed by atoms with Crippen LogP contribution in [-0.2, 0) is 0 Å². The lowest BCUT2D eigenvalue weighted by Gasteiger charge is -2.27. The van der Waals surface area contributed by atoms with Crippen molar-refractivity contribution in [3.63, 3.8) is 0 Å². The molecule has 0 heterocycles. The number of nitrogens with one attached hydrogen (secondary N) is 1. The smallest absolute Gasteiger partial charge is 0.191 e. The number of fused-ring (bicyclic) bond motifs is 1. The van der Waals surface area contributed by atoms with Crippen molar-refractivity contribution in [1.29, 1.82) is 5.26 Å². The minimum absolute atomic E-state index is 0.0710. The number of rotatable bonds is 3. The van der Waals surface area contributed by atoms with Gasteiger partial charge >= 0.3 is 0 Å². The highest BCUT2D eigenvalue weighted by molar-refractivity contribution is 6.16. The molecule has 0 spiro atoms. The van der Waals surface area contributed by atoms with Crippen LogP contribution >= 0.6 is 0 Å². The predicted octanol–water partition coefficient (Wildman–Crippen LogP) is 4.80. The quantitative estimate of drug-likeness (QED) is 0.815. The molecule has 0 aliphatic heterocycles. The van der Waals surface area contributed by atoms with E-state index in [4.69, 9.17) is 0 Å². The number of nitriles is 1. The molecule has 3 nitrogen and oxygen atoms in total. The molecule has 1 atom stereocenters. The molecule has 0 bridgehead atoms. The molecule has 2 aromatic carbocycles. The Hall–Kier alpha value is -2.70. The summed E-state index contributed by atoms with van der Waals surface area (Å²) in [6.45, 7) is 0. The number of carbonyl (C=O) groups excluding carboxylic acids is 1. The van der Waals surface area contributed by atoms with Gasteiger partial charge < -0.3 is 5.32 Å². The van der Waals surface area contributed by atoms with Crippen LogP contribution < -0.4 is 5.32 Å². The van der Waals surface area contributed by atoms with Crippen molar-refractivity contribution in [2.45, 2.75) is 44.2 Å². The molecule has 0 saturated heterocycles. The fraction of sp³-hybridized carbons (Fsp3) is 0.304. The Kier molecular flexibility index (Phi) is 4.69. The third-order valence-corrected chi connectivity index (χ3v) is 5.44. The molecule has 2 aliphatic rings. The molecule has 26 heavy (non-hydrogen) atoms. The van der Waals surface area contributed by atoms with Crippen LogP contribution in [0.5, 0.6) is 0 Å². The van der Waals surface area contributed by atoms with Crippen LogP contribution in [0.1, 0.15) is 65.2 Å². The molecule has 2 aromatic rings. The van der Waals surface area contributed by atoms with Gasteiger partial charge in [0.15, 0.2) is 5.78 Å². The predicted molar refractivity (Wildman–Crippen MR) is 103 cm³/mol. The molecular weight excluding hydrogens is 320 g/mol. The second-order valence-electron chi connectivity index (χ2n) is 7.19. The summed E-state index contributed by atoms with van der Waals surface area (Å²) >= 11 is 0. The Balaban J connectivity index is 1.75. The maximum absolute atomic E-state index is 13.1. The monoisotopic (exact) mass is 342 g/mol. The van der Waals surface area contributed by atoms with Gasteiger partial charge in [-0.2, -0.15) is 5.26 Å². The van der Waals surface area contributed by atoms with Gasteiger partial charge in [0.25, 0.3) is 0 Å². The number of hydrogen-bond donors (Lipinski definition) is 1. The van der Waals surface area contributed by atoms with Crippen LogP contribution in [0.4, 0.5) is 0 Å². The van der Waals surface area contributed by atoms with E-state index in [1.165, 1.54) is 19.3 Å². The van der Waals surface area contributed by atoms with E-state index in [9.17, 15) is 10.1 Å². The molecule has 1 saturated carbocycles. The van der Waals surface area contributed by atoms with Gasteiger partial charge in [0.1, 0.15) is 0 Å². The number of Topliss-reactive ketones (excluding diaryl/α,β-unsaturated/α-hetero) is 1. The number of ketones is 1. The normalized spacial score (nSPS) is 21.6. The van der Waals surface area contributed by atoms with Crippen LogP contribution in [0.25, 0.3) is 6.08 Å². The molecule has 130 valence electrons. The molecule has 0 aromatic heterocycles. The van der Waals surface area contributed by atoms with Gasteiger partial charge in [-0.1, -0.05) is 49.6 Å². The molecule has 2 aliphatic carbocycles. The maximum atomic E-state index is 13.1. The SMILES string of the molecule is N#Cc1ccc2c(c1)C(NC1CCCCC1)/C(=C\c1ccccc1)C2=O. The molecule has 0 amide bonds. The van der Waals surface area contributed by atoms with Crippen molar-refractivity contribution >= 4 is 11.9 Å². The number of benzene rings is 2. The van der Waals surface area contributed by atoms with Crippen molar-refractivity contribution in [2.75, 3.05) is 0 Å². The Morgan fingerprint density at radius 1 is 1.04 bits per heavy atom. The Bertz CT molecular complexity index is 886. The van der Waals surface area contributed by atoms with Crippen molar-refractivity contribution < 1.29 is 4.79 Å². The average molecular weight is 342 g/mol. The third-order valence-electron chi connectivity index (χ3n) is 5.44. The van der Waals surface area contributed by atoms with Gasteiger partial charge in [-0.3, -0.25) is 4.79 Å². The van der Waals surface area contributed by atoms with E-state index >= 15 is 0 Å². The van der Waals surface area contributed by atoms with Gasteiger partial charge in [0.05, 0.1) is 17.7 Å². The minimum Gasteiger partial charge on any atom is -0.303 e. The zero-order valence-electron chi connectivity index (χ0n) is 14.7. The lowest BCUT2D eigenvalue weighted by atomic mass is 9.93. The molecule has 1 unspecified atom stereocenters. The highest BCUT2D eigenvalue weighted by atomic mass is 16.1. The Labute approximate surface area is 154 Å². The lowest BCUT2D eigenvalue weighted by molar-refractivity contribution is 0.103. The van der Waals surface area contributed by atoms with E-state index in [1.807, 2.05) is 42.5 Å². The summed E-state index contributed by atoms with van der Waals surface area (Å²) < 4.78 is 0. The van der Waals surface area contributed by atoms with Crippen LogP contribution in [-0.4, -0.2) is 11.8 Å². The zero-order chi connectivity index (χ0) is 17.9. The van der Waals surface area contributed by atoms with E-state index in [1.54, 1.807) is 12.1 Å². The largest absolute Gasteiger partial charge is 0.303 e. The fourth-order valence-electron chi connectivity index (χ4n) is 4.09. The standard InChI is InChI=1S/C23H22N2O/c24-15-17-11-12-19-20(14-17)22(25-18-9-5-2-6-10-18)21(23(19)26)13-16-7-3-1-4-8-16/h1,3-4,7-8,11-14,18,22,25H,2,5-6,9-10H2/b21-13+. The van der Waals surface area contributed by atoms with Gasteiger partial charge in [-0.15, -0.1) is 0 Å². The summed E-state index contributed by atoms with van der Waals surface area (Å²) in [5.41, 5.74) is 4.08. The number of nitrogens with zero attached hydrogens (tertiary/aromatic N) is 1. The van der Waals surface area contributed by atoms with E-state index in [-0.39, 0.29) is 11.8 Å². The number of carbonyl (C=O) groups is 1. The summed E-state index contributed by atoms with van der Waals surface area (Å²) in [7, 11) is 0. The summed E-state index contributed by atoms with van der Waals surface area (Å²) in [5.74, 6) is 0.0710. The van der Waals surface area contributed by atoms with Crippen molar-refractivity contribution in [3.05, 3.63) is 76.4 Å². The van der Waals surface area contributed by atoms with Crippen LogP contribution in [0.15, 0.2) is 54.1 Å². The summed E-state index contributed by atoms with van der Waals surface area (Å²) in [5, 5.41) is 13.0.